The molecule has 0 aromatic heterocycles. The molecule has 1 aliphatic rings. The van der Waals surface area contributed by atoms with Gasteiger partial charge < -0.3 is 10.1 Å². The van der Waals surface area contributed by atoms with Crippen molar-refractivity contribution in [3.05, 3.63) is 35.2 Å². The van der Waals surface area contributed by atoms with E-state index in [2.05, 4.69) is 10.0 Å². The first kappa shape index (κ1) is 18.9. The lowest BCUT2D eigenvalue weighted by molar-refractivity contribution is 0.384. The maximum Gasteiger partial charge on any atom is 0.241 e. The summed E-state index contributed by atoms with van der Waals surface area (Å²) in [6, 6.07) is 2.68. The SMILES string of the molecule is COc1ccc(S(=O)(=O)NCC2=CCNCC2)c(C)c1F.Cl. The molecule has 0 amide bonds. The Morgan fingerprint density at radius 2 is 2.14 bits per heavy atom. The number of sulfonamides is 1. The highest BCUT2D eigenvalue weighted by Gasteiger charge is 2.21. The number of rotatable bonds is 5. The van der Waals surface area contributed by atoms with E-state index in [1.807, 2.05) is 6.08 Å². The van der Waals surface area contributed by atoms with Gasteiger partial charge in [-0.3, -0.25) is 0 Å². The van der Waals surface area contributed by atoms with Gasteiger partial charge in [-0.2, -0.15) is 0 Å². The van der Waals surface area contributed by atoms with Crippen molar-refractivity contribution in [2.45, 2.75) is 18.2 Å². The van der Waals surface area contributed by atoms with E-state index in [0.717, 1.165) is 25.1 Å². The zero-order chi connectivity index (χ0) is 15.5. The largest absolute Gasteiger partial charge is 0.494 e. The van der Waals surface area contributed by atoms with E-state index >= 15 is 0 Å². The second-order valence-electron chi connectivity index (χ2n) is 4.85. The maximum absolute atomic E-state index is 14.0. The highest BCUT2D eigenvalue weighted by Crippen LogP contribution is 2.25. The van der Waals surface area contributed by atoms with Gasteiger partial charge in [-0.25, -0.2) is 17.5 Å². The van der Waals surface area contributed by atoms with Gasteiger partial charge in [-0.05, 0) is 32.0 Å². The minimum atomic E-state index is -3.74. The molecule has 124 valence electrons. The van der Waals surface area contributed by atoms with E-state index in [4.69, 9.17) is 4.74 Å². The molecule has 0 saturated carbocycles. The fourth-order valence-corrected chi connectivity index (χ4v) is 3.46. The Kier molecular flexibility index (Phi) is 6.80. The van der Waals surface area contributed by atoms with Crippen LogP contribution in [0.15, 0.2) is 28.7 Å². The Morgan fingerprint density at radius 3 is 2.73 bits per heavy atom. The van der Waals surface area contributed by atoms with Crippen molar-refractivity contribution >= 4 is 22.4 Å². The van der Waals surface area contributed by atoms with Crippen LogP contribution >= 0.6 is 12.4 Å². The van der Waals surface area contributed by atoms with Crippen molar-refractivity contribution in [1.82, 2.24) is 10.0 Å². The predicted octanol–water partition coefficient (Wildman–Crippen LogP) is 1.76. The Morgan fingerprint density at radius 1 is 1.41 bits per heavy atom. The van der Waals surface area contributed by atoms with Crippen molar-refractivity contribution < 1.29 is 17.5 Å². The summed E-state index contributed by atoms with van der Waals surface area (Å²) in [7, 11) is -2.40. The first-order valence-corrected chi connectivity index (χ1v) is 8.15. The molecule has 0 saturated heterocycles. The maximum atomic E-state index is 14.0. The zero-order valence-electron chi connectivity index (χ0n) is 12.5. The van der Waals surface area contributed by atoms with Gasteiger partial charge in [0.25, 0.3) is 0 Å². The second-order valence-corrected chi connectivity index (χ2v) is 6.58. The van der Waals surface area contributed by atoms with Crippen LogP contribution in [-0.4, -0.2) is 35.2 Å². The monoisotopic (exact) mass is 350 g/mol. The summed E-state index contributed by atoms with van der Waals surface area (Å²) in [6.07, 6.45) is 2.77. The normalized spacial score (nSPS) is 15.0. The van der Waals surface area contributed by atoms with Gasteiger partial charge in [0.1, 0.15) is 0 Å². The molecule has 1 heterocycles. The lowest BCUT2D eigenvalue weighted by Crippen LogP contribution is -2.30. The van der Waals surface area contributed by atoms with Crippen molar-refractivity contribution in [3.8, 4) is 5.75 Å². The van der Waals surface area contributed by atoms with Crippen LogP contribution in [0.1, 0.15) is 12.0 Å². The third kappa shape index (κ3) is 4.19. The van der Waals surface area contributed by atoms with Crippen LogP contribution in [0.2, 0.25) is 0 Å². The van der Waals surface area contributed by atoms with E-state index in [-0.39, 0.29) is 35.2 Å². The zero-order valence-corrected chi connectivity index (χ0v) is 14.1. The summed E-state index contributed by atoms with van der Waals surface area (Å²) in [5.74, 6) is -0.617. The van der Waals surface area contributed by atoms with Crippen molar-refractivity contribution in [1.29, 1.82) is 0 Å². The third-order valence-electron chi connectivity index (χ3n) is 3.46. The van der Waals surface area contributed by atoms with Gasteiger partial charge >= 0.3 is 0 Å². The fourth-order valence-electron chi connectivity index (χ4n) is 2.19. The van der Waals surface area contributed by atoms with Gasteiger partial charge in [-0.1, -0.05) is 11.6 Å². The van der Waals surface area contributed by atoms with Crippen LogP contribution in [-0.2, 0) is 10.0 Å². The van der Waals surface area contributed by atoms with Gasteiger partial charge in [0.2, 0.25) is 10.0 Å². The summed E-state index contributed by atoms with van der Waals surface area (Å²) >= 11 is 0. The van der Waals surface area contributed by atoms with Crippen molar-refractivity contribution in [2.24, 2.45) is 0 Å². The van der Waals surface area contributed by atoms with E-state index in [9.17, 15) is 12.8 Å². The van der Waals surface area contributed by atoms with Crippen LogP contribution in [0.4, 0.5) is 4.39 Å². The van der Waals surface area contributed by atoms with Gasteiger partial charge in [0, 0.05) is 18.7 Å². The molecule has 8 heteroatoms. The molecule has 0 fully saturated rings. The number of hydrogen-bond donors (Lipinski definition) is 2. The quantitative estimate of drug-likeness (QED) is 0.794. The molecule has 0 radical (unpaired) electrons. The van der Waals surface area contributed by atoms with Gasteiger partial charge in [-0.15, -0.1) is 12.4 Å². The van der Waals surface area contributed by atoms with Gasteiger partial charge in [0.05, 0.1) is 12.0 Å². The lowest BCUT2D eigenvalue weighted by atomic mass is 10.1. The number of halogens is 2. The molecule has 1 aromatic carbocycles. The Bertz CT molecular complexity index is 662. The first-order chi connectivity index (χ1) is 9.95. The molecule has 0 bridgehead atoms. The number of ether oxygens (including phenoxy) is 1. The summed E-state index contributed by atoms with van der Waals surface area (Å²) in [5.41, 5.74) is 1.09. The average Bonchev–Trinajstić information content (AvgIpc) is 2.49. The number of hydrogen-bond acceptors (Lipinski definition) is 4. The Balaban J connectivity index is 0.00000242. The highest BCUT2D eigenvalue weighted by atomic mass is 35.5. The lowest BCUT2D eigenvalue weighted by Gasteiger charge is -2.16. The molecular formula is C14H20ClFN2O3S. The summed E-state index contributed by atoms with van der Waals surface area (Å²) in [4.78, 5) is -0.0599. The van der Waals surface area contributed by atoms with Crippen molar-refractivity contribution in [2.75, 3.05) is 26.7 Å². The molecule has 1 aromatic rings. The van der Waals surface area contributed by atoms with E-state index in [1.165, 1.54) is 26.2 Å². The molecule has 5 nitrogen and oxygen atoms in total. The molecular weight excluding hydrogens is 331 g/mol. The minimum absolute atomic E-state index is 0. The number of nitrogens with one attached hydrogen (secondary N) is 2. The Labute approximate surface area is 136 Å². The molecule has 0 atom stereocenters. The van der Waals surface area contributed by atoms with E-state index in [0.29, 0.717) is 0 Å². The highest BCUT2D eigenvalue weighted by molar-refractivity contribution is 7.89. The predicted molar refractivity (Wildman–Crippen MR) is 85.7 cm³/mol. The molecule has 0 unspecified atom stereocenters. The van der Waals surface area contributed by atoms with Crippen LogP contribution in [0.3, 0.4) is 0 Å². The first-order valence-electron chi connectivity index (χ1n) is 6.67. The van der Waals surface area contributed by atoms with Crippen LogP contribution in [0.5, 0.6) is 5.75 Å². The van der Waals surface area contributed by atoms with Gasteiger partial charge in [0.15, 0.2) is 11.6 Å². The van der Waals surface area contributed by atoms with Crippen LogP contribution < -0.4 is 14.8 Å². The standard InChI is InChI=1S/C14H19FN2O3S.ClH/c1-10-13(4-3-12(20-2)14(10)15)21(18,19)17-9-11-5-7-16-8-6-11;/h3-5,16-17H,6-9H2,1-2H3;1H. The molecule has 22 heavy (non-hydrogen) atoms. The van der Waals surface area contributed by atoms with Crippen LogP contribution in [0, 0.1) is 12.7 Å². The third-order valence-corrected chi connectivity index (χ3v) is 5.00. The summed E-state index contributed by atoms with van der Waals surface area (Å²) in [6.45, 7) is 3.25. The molecule has 1 aliphatic heterocycles. The minimum Gasteiger partial charge on any atom is -0.494 e. The summed E-state index contributed by atoms with van der Waals surface area (Å²) in [5, 5.41) is 3.16. The summed E-state index contributed by atoms with van der Waals surface area (Å²) < 4.78 is 45.9. The average molecular weight is 351 g/mol. The smallest absolute Gasteiger partial charge is 0.241 e. The fraction of sp³-hybridized carbons (Fsp3) is 0.429. The van der Waals surface area contributed by atoms with E-state index in [1.54, 1.807) is 0 Å². The molecule has 0 aliphatic carbocycles. The van der Waals surface area contributed by atoms with Crippen LogP contribution in [0.25, 0.3) is 0 Å². The van der Waals surface area contributed by atoms with E-state index < -0.39 is 15.8 Å². The molecule has 0 spiro atoms. The second kappa shape index (κ2) is 7.92. The number of methoxy groups -OCH3 is 1. The topological polar surface area (TPSA) is 67.4 Å². The Hall–Kier alpha value is -1.15. The number of benzene rings is 1. The van der Waals surface area contributed by atoms with Crippen molar-refractivity contribution in [3.63, 3.8) is 0 Å². The molecule has 2 rings (SSSR count). The molecule has 2 N–H and O–H groups in total.